The van der Waals surface area contributed by atoms with Crippen LogP contribution in [-0.2, 0) is 47.7 Å². The zero-order valence-electron chi connectivity index (χ0n) is 26.7. The number of halogens is 6. The Morgan fingerprint density at radius 2 is 1.33 bits per heavy atom. The molecule has 0 radical (unpaired) electrons. The minimum Gasteiger partial charge on any atom is -0.379 e. The molecule has 0 bridgehead atoms. The van der Waals surface area contributed by atoms with Gasteiger partial charge in [-0.1, -0.05) is 13.8 Å². The maximum atomic E-state index is 14.9. The highest BCUT2D eigenvalue weighted by atomic mass is 19.3. The van der Waals surface area contributed by atoms with E-state index in [0.29, 0.717) is 33.4 Å². The van der Waals surface area contributed by atoms with Gasteiger partial charge in [0.15, 0.2) is 11.8 Å². The van der Waals surface area contributed by atoms with Crippen LogP contribution < -0.4 is 21.3 Å². The molecule has 5 atom stereocenters. The van der Waals surface area contributed by atoms with Crippen molar-refractivity contribution >= 4 is 29.4 Å². The van der Waals surface area contributed by atoms with Crippen LogP contribution in [0.15, 0.2) is 0 Å². The Morgan fingerprint density at radius 3 is 1.81 bits per heavy atom. The van der Waals surface area contributed by atoms with Crippen molar-refractivity contribution in [2.75, 3.05) is 59.8 Å². The highest BCUT2D eigenvalue weighted by Crippen LogP contribution is 2.30. The third kappa shape index (κ3) is 13.4. The molecule has 2 aliphatic rings. The van der Waals surface area contributed by atoms with E-state index < -0.39 is 91.7 Å². The molecule has 0 spiro atoms. The second kappa shape index (κ2) is 18.6. The average molecular weight is 710 g/mol. The number of epoxide rings is 1. The fourth-order valence-electron chi connectivity index (χ4n) is 4.42. The monoisotopic (exact) mass is 709 g/mol. The van der Waals surface area contributed by atoms with Crippen LogP contribution >= 0.6 is 0 Å². The van der Waals surface area contributed by atoms with Crippen LogP contribution in [0.1, 0.15) is 27.2 Å². The first-order valence-electron chi connectivity index (χ1n) is 14.8. The van der Waals surface area contributed by atoms with Crippen LogP contribution in [0.2, 0.25) is 0 Å². The van der Waals surface area contributed by atoms with Crippen LogP contribution in [0, 0.1) is 5.92 Å². The van der Waals surface area contributed by atoms with E-state index in [-0.39, 0.29) is 25.5 Å². The van der Waals surface area contributed by atoms with E-state index in [1.807, 2.05) is 5.32 Å². The summed E-state index contributed by atoms with van der Waals surface area (Å²) < 4.78 is 104. The van der Waals surface area contributed by atoms with Crippen molar-refractivity contribution in [1.82, 2.24) is 26.2 Å². The third-order valence-corrected chi connectivity index (χ3v) is 7.13. The first-order valence-corrected chi connectivity index (χ1v) is 14.8. The average Bonchev–Trinajstić information content (AvgIpc) is 3.77. The van der Waals surface area contributed by atoms with Gasteiger partial charge in [0, 0.05) is 20.2 Å². The molecule has 15 nitrogen and oxygen atoms in total. The van der Waals surface area contributed by atoms with Crippen molar-refractivity contribution < 1.29 is 74.0 Å². The summed E-state index contributed by atoms with van der Waals surface area (Å²) >= 11 is 0. The molecule has 2 aliphatic heterocycles. The molecule has 0 aromatic carbocycles. The molecule has 0 aliphatic carbocycles. The molecular weight excluding hydrogens is 668 g/mol. The maximum absolute atomic E-state index is 14.9. The Morgan fingerprint density at radius 1 is 0.833 bits per heavy atom. The number of carbonyl (C=O) groups is 5. The molecular formula is C27H41F6N5O10. The second-order valence-corrected chi connectivity index (χ2v) is 11.5. The Labute approximate surface area is 272 Å². The number of Topliss-reactive ketones (excluding diaryl/α,β-unsaturated/α-hetero) is 1. The molecule has 21 heteroatoms. The predicted molar refractivity (Wildman–Crippen MR) is 150 cm³/mol. The summed E-state index contributed by atoms with van der Waals surface area (Å²) in [5.74, 6) is -6.41. The second-order valence-electron chi connectivity index (χ2n) is 11.5. The molecule has 2 saturated heterocycles. The van der Waals surface area contributed by atoms with Gasteiger partial charge in [0.1, 0.15) is 17.7 Å². The van der Waals surface area contributed by atoms with Gasteiger partial charge in [-0.3, -0.25) is 28.9 Å². The number of nitrogens with zero attached hydrogens (tertiary/aromatic N) is 1. The lowest BCUT2D eigenvalue weighted by Gasteiger charge is -2.30. The van der Waals surface area contributed by atoms with Gasteiger partial charge in [0.05, 0.1) is 45.6 Å². The van der Waals surface area contributed by atoms with Gasteiger partial charge in [-0.2, -0.15) is 26.3 Å². The lowest BCUT2D eigenvalue weighted by atomic mass is 9.93. The predicted octanol–water partition coefficient (Wildman–Crippen LogP) is -0.620. The largest absolute Gasteiger partial charge is 0.384 e. The minimum atomic E-state index is -4.45. The molecule has 276 valence electrons. The van der Waals surface area contributed by atoms with Crippen LogP contribution in [0.4, 0.5) is 26.3 Å². The van der Waals surface area contributed by atoms with E-state index in [0.717, 1.165) is 0 Å². The van der Waals surface area contributed by atoms with Crippen LogP contribution in [-0.4, -0.2) is 143 Å². The van der Waals surface area contributed by atoms with Gasteiger partial charge in [-0.15, -0.1) is 0 Å². The van der Waals surface area contributed by atoms with Crippen molar-refractivity contribution in [3.8, 4) is 0 Å². The third-order valence-electron chi connectivity index (χ3n) is 7.13. The van der Waals surface area contributed by atoms with Crippen molar-refractivity contribution in [3.05, 3.63) is 0 Å². The standard InChI is InChI=1S/C27H41F6N5O10/c1-14(2)9-15(20(40)26(3)13-48-26)35-23(43)19(27(32,33)44-4)37-22(42)17(12-47-25(30)31)36-21(41)16(11-46-24(28)29)34-18(39)10-38-5-7-45-8-6-38/h14-17,19,24-25H,5-13H2,1-4H3,(H,34,39)(H,35,43)(H,36,41)(H,37,42)/t15-,16-,17-,19-,26-/m0/s1. The summed E-state index contributed by atoms with van der Waals surface area (Å²) in [5.41, 5.74) is -1.26. The fourth-order valence-corrected chi connectivity index (χ4v) is 4.42. The Balaban J connectivity index is 2.26. The highest BCUT2D eigenvalue weighted by Gasteiger charge is 2.52. The summed E-state index contributed by atoms with van der Waals surface area (Å²) in [6.45, 7) is -3.65. The Hall–Kier alpha value is -3.11. The highest BCUT2D eigenvalue weighted by molar-refractivity contribution is 5.99. The normalized spacial score (nSPS) is 20.9. The van der Waals surface area contributed by atoms with Gasteiger partial charge in [-0.05, 0) is 19.3 Å². The molecule has 2 fully saturated rings. The summed E-state index contributed by atoms with van der Waals surface area (Å²) in [6.07, 6.45) is -4.46. The number of rotatable bonds is 21. The number of ether oxygens (including phenoxy) is 5. The zero-order valence-corrected chi connectivity index (χ0v) is 26.7. The van der Waals surface area contributed by atoms with Gasteiger partial charge >= 0.3 is 19.3 Å². The zero-order chi connectivity index (χ0) is 36.2. The molecule has 2 heterocycles. The topological polar surface area (TPSA) is 186 Å². The smallest absolute Gasteiger partial charge is 0.379 e. The van der Waals surface area contributed by atoms with Gasteiger partial charge in [-0.25, -0.2) is 0 Å². The molecule has 0 aromatic heterocycles. The minimum absolute atomic E-state index is 0.0109. The van der Waals surface area contributed by atoms with E-state index >= 15 is 0 Å². The quantitative estimate of drug-likeness (QED) is 0.0880. The summed E-state index contributed by atoms with van der Waals surface area (Å²) in [4.78, 5) is 66.4. The van der Waals surface area contributed by atoms with E-state index in [4.69, 9.17) is 9.47 Å². The Bertz CT molecular complexity index is 1110. The van der Waals surface area contributed by atoms with Crippen molar-refractivity contribution in [1.29, 1.82) is 0 Å². The summed E-state index contributed by atoms with van der Waals surface area (Å²) in [5, 5.41) is 7.74. The number of carbonyl (C=O) groups excluding carboxylic acids is 5. The molecule has 2 rings (SSSR count). The van der Waals surface area contributed by atoms with Crippen LogP contribution in [0.25, 0.3) is 0 Å². The van der Waals surface area contributed by atoms with E-state index in [1.165, 1.54) is 6.92 Å². The SMILES string of the molecule is COC(F)(F)[C@@H](NC(=O)[C@H](COC(F)F)NC(=O)[C@H](COC(F)F)NC(=O)CN1CCOCC1)C(=O)N[C@@H](CC(C)C)C(=O)[C@]1(C)CO1. The number of amides is 4. The summed E-state index contributed by atoms with van der Waals surface area (Å²) in [7, 11) is 0.495. The Kier molecular flexibility index (Phi) is 15.9. The molecule has 0 saturated carbocycles. The maximum Gasteiger partial charge on any atom is 0.384 e. The lowest BCUT2D eigenvalue weighted by Crippen LogP contribution is -2.64. The van der Waals surface area contributed by atoms with Crippen LogP contribution in [0.3, 0.4) is 0 Å². The van der Waals surface area contributed by atoms with Crippen molar-refractivity contribution in [2.45, 2.75) is 76.3 Å². The number of morpholine rings is 1. The molecule has 0 unspecified atom stereocenters. The van der Waals surface area contributed by atoms with Gasteiger partial charge in [0.2, 0.25) is 17.7 Å². The number of hydrogen-bond acceptors (Lipinski definition) is 11. The molecule has 0 aromatic rings. The number of ketones is 1. The number of methoxy groups -OCH3 is 1. The molecule has 48 heavy (non-hydrogen) atoms. The number of hydrogen-bond donors (Lipinski definition) is 4. The first kappa shape index (κ1) is 41.1. The first-order chi connectivity index (χ1) is 22.4. The van der Waals surface area contributed by atoms with Gasteiger partial charge < -0.3 is 45.0 Å². The number of nitrogens with one attached hydrogen (secondary N) is 4. The van der Waals surface area contributed by atoms with E-state index in [2.05, 4.69) is 24.8 Å². The molecule has 4 amide bonds. The lowest BCUT2D eigenvalue weighted by molar-refractivity contribution is -0.238. The van der Waals surface area contributed by atoms with Crippen molar-refractivity contribution in [3.63, 3.8) is 0 Å². The van der Waals surface area contributed by atoms with E-state index in [9.17, 15) is 50.3 Å². The molecule has 4 N–H and O–H groups in total. The van der Waals surface area contributed by atoms with Gasteiger partial charge in [0.25, 0.3) is 5.91 Å². The van der Waals surface area contributed by atoms with E-state index in [1.54, 1.807) is 24.1 Å². The summed E-state index contributed by atoms with van der Waals surface area (Å²) in [6, 6.07) is -8.41. The van der Waals surface area contributed by atoms with Crippen LogP contribution in [0.5, 0.6) is 0 Å². The fraction of sp³-hybridized carbons (Fsp3) is 0.815. The number of alkyl halides is 6. The van der Waals surface area contributed by atoms with Crippen molar-refractivity contribution in [2.24, 2.45) is 5.92 Å².